The lowest BCUT2D eigenvalue weighted by molar-refractivity contribution is -0.161. The summed E-state index contributed by atoms with van der Waals surface area (Å²) in [4.78, 5) is 26.8. The fourth-order valence-electron chi connectivity index (χ4n) is 2.55. The number of esters is 1. The van der Waals surface area contributed by atoms with Crippen molar-refractivity contribution >= 4 is 11.9 Å². The number of hydrogen-bond acceptors (Lipinski definition) is 5. The third-order valence-corrected chi connectivity index (χ3v) is 3.69. The Balaban J connectivity index is 1.82. The number of carboxylic acid groups (broad SMARTS) is 1. The Morgan fingerprint density at radius 1 is 1.17 bits per heavy atom. The summed E-state index contributed by atoms with van der Waals surface area (Å²) in [5, 5.41) is 8.83. The first-order valence-corrected chi connectivity index (χ1v) is 7.83. The molecule has 6 nitrogen and oxygen atoms in total. The summed E-state index contributed by atoms with van der Waals surface area (Å²) in [6.45, 7) is 5.60. The molecular weight excluding hydrogens is 298 g/mol. The zero-order valence-corrected chi connectivity index (χ0v) is 13.7. The minimum absolute atomic E-state index is 0.00290. The van der Waals surface area contributed by atoms with Gasteiger partial charge < -0.3 is 14.6 Å². The normalized spacial score (nSPS) is 21.5. The number of rotatable bonds is 4. The Bertz CT molecular complexity index is 553. The highest BCUT2D eigenvalue weighted by molar-refractivity contribution is 5.87. The molecule has 0 unspecified atom stereocenters. The van der Waals surface area contributed by atoms with Crippen LogP contribution < -0.4 is 4.74 Å². The fourth-order valence-corrected chi connectivity index (χ4v) is 2.55. The Morgan fingerprint density at radius 2 is 1.83 bits per heavy atom. The lowest BCUT2D eigenvalue weighted by Gasteiger charge is -2.29. The zero-order valence-electron chi connectivity index (χ0n) is 13.7. The van der Waals surface area contributed by atoms with Crippen molar-refractivity contribution < 1.29 is 24.2 Å². The summed E-state index contributed by atoms with van der Waals surface area (Å²) < 4.78 is 11.2. The molecule has 6 heteroatoms. The first kappa shape index (κ1) is 17.2. The van der Waals surface area contributed by atoms with Crippen molar-refractivity contribution in [3.05, 3.63) is 23.9 Å². The van der Waals surface area contributed by atoms with Gasteiger partial charge in [-0.3, -0.25) is 4.79 Å². The molecule has 0 saturated heterocycles. The summed E-state index contributed by atoms with van der Waals surface area (Å²) in [7, 11) is 0. The predicted molar refractivity (Wildman–Crippen MR) is 83.4 cm³/mol. The second-order valence-corrected chi connectivity index (χ2v) is 6.82. The van der Waals surface area contributed by atoms with Crippen LogP contribution in [0.4, 0.5) is 0 Å². The Kier molecular flexibility index (Phi) is 5.23. The number of carbonyl (C=O) groups is 2. The number of nitrogens with zero attached hydrogens (tertiary/aromatic N) is 1. The number of carboxylic acids is 1. The smallest absolute Gasteiger partial charge is 0.337 e. The van der Waals surface area contributed by atoms with E-state index in [1.807, 2.05) is 20.8 Å². The molecule has 0 amide bonds. The number of hydrogen-bond donors (Lipinski definition) is 1. The topological polar surface area (TPSA) is 85.7 Å². The third kappa shape index (κ3) is 5.23. The third-order valence-electron chi connectivity index (χ3n) is 3.69. The number of pyridine rings is 1. The van der Waals surface area contributed by atoms with E-state index in [9.17, 15) is 9.59 Å². The Labute approximate surface area is 135 Å². The molecule has 2 rings (SSSR count). The van der Waals surface area contributed by atoms with Crippen LogP contribution in [0.15, 0.2) is 18.3 Å². The van der Waals surface area contributed by atoms with Gasteiger partial charge in [-0.1, -0.05) is 0 Å². The maximum Gasteiger partial charge on any atom is 0.337 e. The minimum Gasteiger partial charge on any atom is -0.478 e. The van der Waals surface area contributed by atoms with Crippen LogP contribution in [0.3, 0.4) is 0 Å². The molecule has 23 heavy (non-hydrogen) atoms. The van der Waals surface area contributed by atoms with Crippen LogP contribution in [0.1, 0.15) is 56.8 Å². The molecule has 1 aliphatic carbocycles. The van der Waals surface area contributed by atoms with Crippen LogP contribution in [0.5, 0.6) is 5.88 Å². The van der Waals surface area contributed by atoms with Gasteiger partial charge in [0.25, 0.3) is 0 Å². The maximum atomic E-state index is 12.0. The molecule has 0 atom stereocenters. The van der Waals surface area contributed by atoms with Crippen LogP contribution in [-0.2, 0) is 9.53 Å². The highest BCUT2D eigenvalue weighted by Gasteiger charge is 2.30. The molecule has 0 aromatic carbocycles. The largest absolute Gasteiger partial charge is 0.478 e. The molecule has 1 heterocycles. The minimum atomic E-state index is -1.01. The summed E-state index contributed by atoms with van der Waals surface area (Å²) >= 11 is 0. The summed E-state index contributed by atoms with van der Waals surface area (Å²) in [6.07, 6.45) is 4.25. The van der Waals surface area contributed by atoms with E-state index in [-0.39, 0.29) is 23.6 Å². The molecule has 1 fully saturated rings. The van der Waals surface area contributed by atoms with Crippen molar-refractivity contribution in [2.45, 2.75) is 58.2 Å². The van der Waals surface area contributed by atoms with Crippen molar-refractivity contribution in [3.8, 4) is 5.88 Å². The van der Waals surface area contributed by atoms with Gasteiger partial charge in [-0.2, -0.15) is 0 Å². The highest BCUT2D eigenvalue weighted by atomic mass is 16.6. The van der Waals surface area contributed by atoms with E-state index in [2.05, 4.69) is 4.98 Å². The van der Waals surface area contributed by atoms with E-state index in [4.69, 9.17) is 14.6 Å². The SMILES string of the molecule is CC(C)(C)OC(=O)C1CCC(Oc2ccc(C(=O)O)cn2)CC1. The van der Waals surface area contributed by atoms with Gasteiger partial charge in [-0.25, -0.2) is 9.78 Å². The standard InChI is InChI=1S/C17H23NO5/c1-17(2,3)23-16(21)11-4-7-13(8-5-11)22-14-9-6-12(10-18-14)15(19)20/h6,9-11,13H,4-5,7-8H2,1-3H3,(H,19,20). The van der Waals surface area contributed by atoms with E-state index >= 15 is 0 Å². The van der Waals surface area contributed by atoms with Crippen molar-refractivity contribution in [1.29, 1.82) is 0 Å². The molecule has 1 aliphatic rings. The van der Waals surface area contributed by atoms with Gasteiger partial charge in [0.05, 0.1) is 11.5 Å². The Hall–Kier alpha value is -2.11. The quantitative estimate of drug-likeness (QED) is 0.858. The van der Waals surface area contributed by atoms with E-state index in [1.54, 1.807) is 6.07 Å². The second kappa shape index (κ2) is 6.98. The molecule has 0 spiro atoms. The van der Waals surface area contributed by atoms with Gasteiger partial charge in [0.2, 0.25) is 5.88 Å². The average molecular weight is 321 g/mol. The molecule has 0 radical (unpaired) electrons. The monoisotopic (exact) mass is 321 g/mol. The predicted octanol–water partition coefficient (Wildman–Crippen LogP) is 3.06. The molecule has 126 valence electrons. The van der Waals surface area contributed by atoms with Crippen molar-refractivity contribution in [2.75, 3.05) is 0 Å². The van der Waals surface area contributed by atoms with Gasteiger partial charge in [-0.05, 0) is 52.5 Å². The van der Waals surface area contributed by atoms with Crippen LogP contribution in [0.25, 0.3) is 0 Å². The molecule has 1 saturated carbocycles. The number of aromatic nitrogens is 1. The van der Waals surface area contributed by atoms with Gasteiger partial charge in [0.15, 0.2) is 0 Å². The molecule has 1 aromatic rings. The van der Waals surface area contributed by atoms with Crippen molar-refractivity contribution in [1.82, 2.24) is 4.98 Å². The fraction of sp³-hybridized carbons (Fsp3) is 0.588. The molecule has 1 N–H and O–H groups in total. The van der Waals surface area contributed by atoms with E-state index in [0.717, 1.165) is 25.7 Å². The van der Waals surface area contributed by atoms with Gasteiger partial charge in [0.1, 0.15) is 11.7 Å². The first-order chi connectivity index (χ1) is 10.7. The zero-order chi connectivity index (χ0) is 17.0. The summed E-state index contributed by atoms with van der Waals surface area (Å²) in [5.41, 5.74) is -0.328. The van der Waals surface area contributed by atoms with Crippen LogP contribution in [0, 0.1) is 5.92 Å². The van der Waals surface area contributed by atoms with Crippen molar-refractivity contribution in [2.24, 2.45) is 5.92 Å². The van der Waals surface area contributed by atoms with Gasteiger partial charge in [0, 0.05) is 12.3 Å². The lowest BCUT2D eigenvalue weighted by atomic mass is 9.87. The van der Waals surface area contributed by atoms with E-state index in [0.29, 0.717) is 5.88 Å². The summed E-state index contributed by atoms with van der Waals surface area (Å²) in [6, 6.07) is 3.03. The van der Waals surface area contributed by atoms with Crippen LogP contribution >= 0.6 is 0 Å². The van der Waals surface area contributed by atoms with Gasteiger partial charge >= 0.3 is 11.9 Å². The van der Waals surface area contributed by atoms with E-state index < -0.39 is 11.6 Å². The average Bonchev–Trinajstić information content (AvgIpc) is 2.46. The number of aromatic carboxylic acids is 1. The maximum absolute atomic E-state index is 12.0. The van der Waals surface area contributed by atoms with Crippen molar-refractivity contribution in [3.63, 3.8) is 0 Å². The molecule has 0 bridgehead atoms. The molecule has 0 aliphatic heterocycles. The lowest BCUT2D eigenvalue weighted by Crippen LogP contribution is -2.33. The summed E-state index contributed by atoms with van der Waals surface area (Å²) in [5.74, 6) is -0.811. The number of carbonyl (C=O) groups excluding carboxylic acids is 1. The second-order valence-electron chi connectivity index (χ2n) is 6.82. The molecule has 1 aromatic heterocycles. The van der Waals surface area contributed by atoms with Gasteiger partial charge in [-0.15, -0.1) is 0 Å². The van der Waals surface area contributed by atoms with Crippen LogP contribution in [-0.4, -0.2) is 33.7 Å². The first-order valence-electron chi connectivity index (χ1n) is 7.83. The number of ether oxygens (including phenoxy) is 2. The Morgan fingerprint density at radius 3 is 2.30 bits per heavy atom. The van der Waals surface area contributed by atoms with E-state index in [1.165, 1.54) is 12.3 Å². The highest BCUT2D eigenvalue weighted by Crippen LogP contribution is 2.29. The van der Waals surface area contributed by atoms with Crippen LogP contribution in [0.2, 0.25) is 0 Å². The molecular formula is C17H23NO5.